The van der Waals surface area contributed by atoms with Crippen molar-refractivity contribution in [3.8, 4) is 0 Å². The number of piperidine rings is 1. The molecule has 3 aromatic rings. The van der Waals surface area contributed by atoms with Crippen LogP contribution >= 0.6 is 11.6 Å². The number of benzene rings is 1. The van der Waals surface area contributed by atoms with Crippen LogP contribution in [0.15, 0.2) is 94.1 Å². The molecule has 1 saturated carbocycles. The van der Waals surface area contributed by atoms with Gasteiger partial charge in [-0.2, -0.15) is 0 Å². The second-order valence-electron chi connectivity index (χ2n) is 16.6. The standard InChI is InChI=1S/C45H47ClN8O6S/c1-47-39-23-36(5-7-38(39)50-24-29-11-18-59-19-12-29)61(57,58)52-43(55)37-6-4-34(22-40(37)60-35-21-31-8-15-49-42(31)51-27-35)53-16-9-30(10-17-53)28-54-41(32-20-33(46)26-48-25-32)45(44(54)56)13-2-3-14-45/h5,7-8,15,20-23,25-26,29-30,41,47,50H,2-3,9-14,16-19,24,28H2,1H3,(H,52,55)/p+1. The van der Waals surface area contributed by atoms with Crippen LogP contribution in [-0.2, 0) is 29.1 Å². The molecule has 1 unspecified atom stereocenters. The van der Waals surface area contributed by atoms with Crippen LogP contribution in [0.25, 0.3) is 6.08 Å². The van der Waals surface area contributed by atoms with Gasteiger partial charge in [-0.05, 0) is 92.0 Å². The number of rotatable bonds is 13. The molecule has 4 N–H and O–H groups in total. The fraction of sp³-hybridized carbons (Fsp3) is 0.422. The minimum absolute atomic E-state index is 0.0254. The van der Waals surface area contributed by atoms with Gasteiger partial charge >= 0.3 is 5.49 Å². The zero-order valence-electron chi connectivity index (χ0n) is 33.9. The van der Waals surface area contributed by atoms with Crippen molar-refractivity contribution in [1.29, 1.82) is 0 Å². The molecular formula is C45H48ClN8O6S+. The second kappa shape index (κ2) is 17.0. The molecular weight excluding hydrogens is 816 g/mol. The van der Waals surface area contributed by atoms with E-state index in [0.717, 1.165) is 87.6 Å². The number of pyridine rings is 1. The summed E-state index contributed by atoms with van der Waals surface area (Å²) in [6.07, 6.45) is 16.1. The van der Waals surface area contributed by atoms with Gasteiger partial charge in [-0.1, -0.05) is 30.2 Å². The molecule has 316 valence electrons. The Labute approximate surface area is 359 Å². The van der Waals surface area contributed by atoms with E-state index in [1.165, 1.54) is 12.1 Å². The highest BCUT2D eigenvalue weighted by atomic mass is 35.5. The third-order valence-electron chi connectivity index (χ3n) is 12.8. The Balaban J connectivity index is 0.921. The Morgan fingerprint density at radius 1 is 1.05 bits per heavy atom. The van der Waals surface area contributed by atoms with Gasteiger partial charge in [0.05, 0.1) is 49.9 Å². The number of amides is 2. The Kier molecular flexibility index (Phi) is 11.3. The van der Waals surface area contributed by atoms with Crippen molar-refractivity contribution < 1.29 is 27.5 Å². The number of halogens is 1. The molecule has 1 aromatic carbocycles. The highest BCUT2D eigenvalue weighted by Crippen LogP contribution is 2.59. The molecule has 0 radical (unpaired) electrons. The van der Waals surface area contributed by atoms with Gasteiger partial charge in [-0.25, -0.2) is 18.1 Å². The number of hydrogen-bond donors (Lipinski definition) is 4. The average molecular weight is 864 g/mol. The number of hydrogen-bond acceptors (Lipinski definition) is 10. The molecule has 1 spiro atoms. The molecule has 1 atom stereocenters. The number of H-pyrrole nitrogens is 1. The van der Waals surface area contributed by atoms with Crippen LogP contribution in [0.3, 0.4) is 0 Å². The maximum absolute atomic E-state index is 13.9. The van der Waals surface area contributed by atoms with Gasteiger partial charge in [0.2, 0.25) is 17.5 Å². The smallest absolute Gasteiger partial charge is 0.391 e. The van der Waals surface area contributed by atoms with Gasteiger partial charge in [-0.15, -0.1) is 4.67 Å². The van der Waals surface area contributed by atoms with Gasteiger partial charge in [0.1, 0.15) is 5.57 Å². The molecule has 9 rings (SSSR count). The monoisotopic (exact) mass is 863 g/mol. The number of ether oxygens (including phenoxy) is 2. The van der Waals surface area contributed by atoms with E-state index in [0.29, 0.717) is 47.4 Å². The number of sulfonamides is 1. The maximum Gasteiger partial charge on any atom is 0.391 e. The summed E-state index contributed by atoms with van der Waals surface area (Å²) in [5.74, 6) is 3.21. The summed E-state index contributed by atoms with van der Waals surface area (Å²) >= 11 is 6.37. The summed E-state index contributed by atoms with van der Waals surface area (Å²) in [7, 11) is -2.61. The molecule has 16 heteroatoms. The van der Waals surface area contributed by atoms with E-state index in [1.54, 1.807) is 37.7 Å². The number of likely N-dealkylation sites (tertiary alicyclic amines) is 2. The first-order valence-electron chi connectivity index (χ1n) is 21.0. The van der Waals surface area contributed by atoms with E-state index in [9.17, 15) is 18.0 Å². The molecule has 2 amide bonds. The van der Waals surface area contributed by atoms with Crippen LogP contribution in [0.5, 0.6) is 0 Å². The molecule has 4 fully saturated rings. The molecule has 2 aromatic heterocycles. The van der Waals surface area contributed by atoms with Crippen molar-refractivity contribution in [2.24, 2.45) is 17.3 Å². The first kappa shape index (κ1) is 40.7. The largest absolute Gasteiger partial charge is 0.442 e. The van der Waals surface area contributed by atoms with Gasteiger partial charge < -0.3 is 29.9 Å². The molecule has 2 aliphatic carbocycles. The topological polar surface area (TPSA) is 172 Å². The molecule has 0 bridgehead atoms. The van der Waals surface area contributed by atoms with Crippen LogP contribution in [-0.4, -0.2) is 92.3 Å². The van der Waals surface area contributed by atoms with Gasteiger partial charge in [0.25, 0.3) is 15.9 Å². The minimum Gasteiger partial charge on any atom is -0.442 e. The van der Waals surface area contributed by atoms with Gasteiger partial charge in [-0.3, -0.25) is 14.6 Å². The van der Waals surface area contributed by atoms with Crippen molar-refractivity contribution >= 4 is 56.8 Å². The number of carbonyl (C=O) groups is 2. The lowest BCUT2D eigenvalue weighted by atomic mass is 9.66. The predicted octanol–water partition coefficient (Wildman–Crippen LogP) is 3.82. The van der Waals surface area contributed by atoms with E-state index in [-0.39, 0.29) is 45.3 Å². The van der Waals surface area contributed by atoms with E-state index < -0.39 is 15.9 Å². The number of nitrogens with zero attached hydrogens (tertiary/aromatic N) is 4. The lowest BCUT2D eigenvalue weighted by Gasteiger charge is -2.56. The molecule has 3 saturated heterocycles. The molecule has 6 heterocycles. The number of aromatic nitrogens is 2. The lowest BCUT2D eigenvalue weighted by molar-refractivity contribution is -0.175. The number of fused-ring (bicyclic) bond motifs is 1. The van der Waals surface area contributed by atoms with E-state index in [4.69, 9.17) is 21.1 Å². The number of aromatic amines is 1. The Morgan fingerprint density at radius 2 is 1.85 bits per heavy atom. The van der Waals surface area contributed by atoms with Crippen molar-refractivity contribution in [2.45, 2.75) is 62.3 Å². The first-order valence-corrected chi connectivity index (χ1v) is 22.8. The van der Waals surface area contributed by atoms with Crippen molar-refractivity contribution in [1.82, 2.24) is 29.2 Å². The van der Waals surface area contributed by atoms with E-state index in [2.05, 4.69) is 52.2 Å². The summed E-state index contributed by atoms with van der Waals surface area (Å²) in [6.45, 7) is 4.19. The zero-order valence-corrected chi connectivity index (χ0v) is 35.5. The highest BCUT2D eigenvalue weighted by Gasteiger charge is 2.61. The molecule has 6 aliphatic rings. The summed E-state index contributed by atoms with van der Waals surface area (Å²) in [6, 6.07) is 8.41. The van der Waals surface area contributed by atoms with Crippen molar-refractivity contribution in [3.63, 3.8) is 0 Å². The molecule has 14 nitrogen and oxygen atoms in total. The lowest BCUT2D eigenvalue weighted by Crippen LogP contribution is -2.63. The van der Waals surface area contributed by atoms with Crippen LogP contribution in [0.2, 0.25) is 5.02 Å². The second-order valence-corrected chi connectivity index (χ2v) is 18.7. The minimum atomic E-state index is -4.33. The Bertz CT molecular complexity index is 2720. The van der Waals surface area contributed by atoms with Crippen LogP contribution in [0, 0.1) is 17.3 Å². The number of allylic oxidation sites excluding steroid dienone is 2. The number of nitrogens with one attached hydrogen (secondary N) is 4. The fourth-order valence-corrected chi connectivity index (χ4v) is 10.7. The third kappa shape index (κ3) is 8.22. The third-order valence-corrected chi connectivity index (χ3v) is 14.3. The normalized spacial score (nSPS) is 21.0. The van der Waals surface area contributed by atoms with E-state index in [1.807, 2.05) is 23.2 Å². The summed E-state index contributed by atoms with van der Waals surface area (Å²) in [5, 5.41) is 7.84. The SMILES string of the molecule is CNc1cc(S(=O)(=O)NC(=O)C2=C=C=C(N3CCC(CN4C(=O)C5(CCCC5)C4c4cncc(Cl)c4)CC3)C=C2OC2=C=[N+]=c3[nH]ccc3=C2)ccc1NCC1CCOCC1. The van der Waals surface area contributed by atoms with Crippen LogP contribution in [0.1, 0.15) is 63.0 Å². The Morgan fingerprint density at radius 3 is 2.62 bits per heavy atom. The molecule has 61 heavy (non-hydrogen) atoms. The highest BCUT2D eigenvalue weighted by molar-refractivity contribution is 7.90. The summed E-state index contributed by atoms with van der Waals surface area (Å²) < 4.78 is 45.7. The Hall–Kier alpha value is -5.74. The first-order chi connectivity index (χ1) is 29.6. The number of anilines is 2. The predicted molar refractivity (Wildman–Crippen MR) is 230 cm³/mol. The average Bonchev–Trinajstić information content (AvgIpc) is 3.98. The van der Waals surface area contributed by atoms with Gasteiger partial charge in [0, 0.05) is 71.0 Å². The van der Waals surface area contributed by atoms with Crippen molar-refractivity contribution in [3.05, 3.63) is 111 Å². The van der Waals surface area contributed by atoms with E-state index >= 15 is 0 Å². The summed E-state index contributed by atoms with van der Waals surface area (Å²) in [4.78, 5) is 39.2. The number of β-lactam (4-membered cyclic amide) rings is 1. The maximum atomic E-state index is 13.9. The fourth-order valence-electron chi connectivity index (χ4n) is 9.51. The quantitative estimate of drug-likeness (QED) is 0.113. The van der Waals surface area contributed by atoms with Gasteiger partial charge in [0.15, 0.2) is 5.76 Å². The number of carbonyl (C=O) groups excluding carboxylic acids is 2. The zero-order chi connectivity index (χ0) is 42.1. The van der Waals surface area contributed by atoms with Crippen molar-refractivity contribution in [2.75, 3.05) is 57.1 Å². The van der Waals surface area contributed by atoms with Crippen LogP contribution in [0.4, 0.5) is 11.4 Å². The van der Waals surface area contributed by atoms with Crippen LogP contribution < -0.4 is 30.7 Å². The molecule has 4 aliphatic heterocycles. The summed E-state index contributed by atoms with van der Waals surface area (Å²) in [5.41, 5.74) is 9.12.